The molecule has 2 aromatic carbocycles. The van der Waals surface area contributed by atoms with Crippen LogP contribution in [0.25, 0.3) is 0 Å². The van der Waals surface area contributed by atoms with E-state index >= 15 is 0 Å². The molecule has 2 aromatic rings. The minimum atomic E-state index is -1.05. The normalized spacial score (nSPS) is 15.1. The monoisotopic (exact) mass is 588 g/mol. The average molecular weight is 589 g/mol. The van der Waals surface area contributed by atoms with Gasteiger partial charge in [-0.1, -0.05) is 172 Å². The Bertz CT molecular complexity index is 1110. The Kier molecular flexibility index (Phi) is 9.76. The molecule has 0 N–H and O–H groups in total. The summed E-state index contributed by atoms with van der Waals surface area (Å²) in [6.07, 6.45) is 0. The van der Waals surface area contributed by atoms with Gasteiger partial charge in [0.2, 0.25) is 0 Å². The molecule has 0 radical (unpaired) electrons. The van der Waals surface area contributed by atoms with Crippen molar-refractivity contribution in [3.05, 3.63) is 57.6 Å². The molecule has 220 valence electrons. The van der Waals surface area contributed by atoms with Crippen molar-refractivity contribution in [2.45, 2.75) is 162 Å². The molecule has 0 spiro atoms. The lowest BCUT2D eigenvalue weighted by Crippen LogP contribution is -2.31. The van der Waals surface area contributed by atoms with Crippen molar-refractivity contribution < 1.29 is 0 Å². The van der Waals surface area contributed by atoms with Crippen molar-refractivity contribution in [1.29, 1.82) is 0 Å². The van der Waals surface area contributed by atoms with E-state index in [2.05, 4.69) is 149 Å². The minimum absolute atomic E-state index is 0.00641. The number of rotatable bonds is 3. The molecular formula is C36H58ClPS. The summed E-state index contributed by atoms with van der Waals surface area (Å²) < 4.78 is 0. The van der Waals surface area contributed by atoms with E-state index in [1.54, 1.807) is 0 Å². The van der Waals surface area contributed by atoms with Crippen LogP contribution in [0.3, 0.4) is 0 Å². The van der Waals surface area contributed by atoms with Crippen LogP contribution in [0, 0.1) is 0 Å². The summed E-state index contributed by atoms with van der Waals surface area (Å²) in [6, 6.07) is 9.85. The summed E-state index contributed by atoms with van der Waals surface area (Å²) in [7, 11) is 0. The van der Waals surface area contributed by atoms with Gasteiger partial charge in [0, 0.05) is 10.2 Å². The summed E-state index contributed by atoms with van der Waals surface area (Å²) in [5.41, 5.74) is 8.57. The van der Waals surface area contributed by atoms with Crippen molar-refractivity contribution in [2.75, 3.05) is 0 Å². The van der Waals surface area contributed by atoms with Crippen molar-refractivity contribution in [3.8, 4) is 0 Å². The Morgan fingerprint density at radius 1 is 0.436 bits per heavy atom. The highest BCUT2D eigenvalue weighted by Gasteiger charge is 2.35. The molecule has 0 fully saturated rings. The first-order valence-corrected chi connectivity index (χ1v) is 18.3. The number of hydrogen-bond acceptors (Lipinski definition) is 1. The zero-order chi connectivity index (χ0) is 30.7. The second-order valence-electron chi connectivity index (χ2n) is 17.7. The zero-order valence-corrected chi connectivity index (χ0v) is 31.0. The van der Waals surface area contributed by atoms with Gasteiger partial charge in [-0.15, -0.1) is 0 Å². The van der Waals surface area contributed by atoms with Gasteiger partial charge in [0.25, 0.3) is 0 Å². The smallest absolute Gasteiger partial charge is 0.0784 e. The fourth-order valence-corrected chi connectivity index (χ4v) is 10.3. The van der Waals surface area contributed by atoms with E-state index in [0.717, 1.165) is 0 Å². The number of hydrogen-bond donors (Lipinski definition) is 0. The van der Waals surface area contributed by atoms with Crippen molar-refractivity contribution in [1.82, 2.24) is 0 Å². The van der Waals surface area contributed by atoms with E-state index in [-0.39, 0.29) is 32.5 Å². The number of halogens is 1. The molecule has 0 aliphatic carbocycles. The van der Waals surface area contributed by atoms with Gasteiger partial charge in [0.05, 0.1) is 6.48 Å². The first-order chi connectivity index (χ1) is 17.1. The largest absolute Gasteiger partial charge is 0.0862 e. The van der Waals surface area contributed by atoms with E-state index in [1.165, 1.54) is 43.6 Å². The Labute approximate surface area is 253 Å². The topological polar surface area (TPSA) is 0 Å². The van der Waals surface area contributed by atoms with Crippen molar-refractivity contribution in [2.24, 2.45) is 0 Å². The highest BCUT2D eigenvalue weighted by atomic mass is 35.7. The second-order valence-corrected chi connectivity index (χ2v) is 22.4. The lowest BCUT2D eigenvalue weighted by molar-refractivity contribution is 0.531. The zero-order valence-electron chi connectivity index (χ0n) is 28.5. The maximum absolute atomic E-state index is 7.73. The molecule has 0 bridgehead atoms. The van der Waals surface area contributed by atoms with E-state index < -0.39 is 6.48 Å². The van der Waals surface area contributed by atoms with Crippen LogP contribution in [-0.4, -0.2) is 0 Å². The van der Waals surface area contributed by atoms with Crippen LogP contribution >= 0.6 is 29.1 Å². The molecule has 2 rings (SSSR count). The Balaban J connectivity index is 2.99. The van der Waals surface area contributed by atoms with E-state index in [1.807, 2.05) is 11.4 Å². The lowest BCUT2D eigenvalue weighted by atomic mass is 9.75. The van der Waals surface area contributed by atoms with Gasteiger partial charge >= 0.3 is 0 Å². The van der Waals surface area contributed by atoms with Gasteiger partial charge in [-0.3, -0.25) is 0 Å². The second kappa shape index (κ2) is 11.0. The molecular weight excluding hydrogens is 531 g/mol. The molecule has 39 heavy (non-hydrogen) atoms. The van der Waals surface area contributed by atoms with Crippen LogP contribution in [0.5, 0.6) is 0 Å². The van der Waals surface area contributed by atoms with Gasteiger partial charge in [0.15, 0.2) is 0 Å². The van der Waals surface area contributed by atoms with Crippen LogP contribution in [0.4, 0.5) is 0 Å². The fraction of sp³-hybridized carbons (Fsp3) is 0.667. The molecule has 1 atom stereocenters. The molecule has 0 nitrogen and oxygen atoms in total. The standard InChI is InChI=1S/C36H58ClPS/c1-31(2,3)23-19-25(33(7,8)9)29(26(20-23)34(10,11)12)38(37)39-30-27(35(13,14)15)21-24(32(4,5)6)22-28(30)36(16,17)18/h19-22H,1-18H3. The maximum Gasteiger partial charge on any atom is 0.0862 e. The molecule has 0 aliphatic heterocycles. The summed E-state index contributed by atoms with van der Waals surface area (Å²) in [6.45, 7) is 41.0. The predicted molar refractivity (Wildman–Crippen MR) is 183 cm³/mol. The first-order valence-electron chi connectivity index (χ1n) is 14.6. The minimum Gasteiger partial charge on any atom is -0.0784 e. The van der Waals surface area contributed by atoms with Gasteiger partial charge in [-0.25, -0.2) is 0 Å². The highest BCUT2D eigenvalue weighted by Crippen LogP contribution is 2.63. The number of benzene rings is 2. The predicted octanol–water partition coefficient (Wildman–Crippen LogP) is 12.4. The molecule has 0 heterocycles. The quantitative estimate of drug-likeness (QED) is 0.321. The van der Waals surface area contributed by atoms with Crippen molar-refractivity contribution in [3.63, 3.8) is 0 Å². The third-order valence-electron chi connectivity index (χ3n) is 7.51. The summed E-state index contributed by atoms with van der Waals surface area (Å²) in [4.78, 5) is 1.38. The molecule has 3 heteroatoms. The Morgan fingerprint density at radius 3 is 0.923 bits per heavy atom. The van der Waals surface area contributed by atoms with Crippen LogP contribution < -0.4 is 5.30 Å². The van der Waals surface area contributed by atoms with Crippen molar-refractivity contribution >= 4 is 34.4 Å². The Morgan fingerprint density at radius 2 is 0.692 bits per heavy atom. The first kappa shape index (κ1) is 34.7. The van der Waals surface area contributed by atoms with Gasteiger partial charge in [0.1, 0.15) is 0 Å². The summed E-state index contributed by atoms with van der Waals surface area (Å²) in [5, 5.41) is 1.37. The molecule has 0 saturated carbocycles. The third kappa shape index (κ3) is 8.30. The fourth-order valence-electron chi connectivity index (χ4n) is 4.80. The van der Waals surface area contributed by atoms with Crippen LogP contribution in [0.2, 0.25) is 0 Å². The summed E-state index contributed by atoms with van der Waals surface area (Å²) >= 11 is 9.66. The third-order valence-corrected chi connectivity index (χ3v) is 11.8. The maximum atomic E-state index is 7.73. The summed E-state index contributed by atoms with van der Waals surface area (Å²) in [5.74, 6) is 0. The van der Waals surface area contributed by atoms with E-state index in [0.29, 0.717) is 0 Å². The lowest BCUT2D eigenvalue weighted by Gasteiger charge is -2.36. The molecule has 0 amide bonds. The molecule has 1 unspecified atom stereocenters. The SMILES string of the molecule is CC(C)(C)c1cc(C(C)(C)C)c(SP(Cl)c2c(C(C)(C)C)cc(C(C)(C)C)cc2C(C)(C)C)c(C(C)(C)C)c1. The molecule has 0 saturated heterocycles. The van der Waals surface area contributed by atoms with E-state index in [9.17, 15) is 0 Å². The molecule has 0 aliphatic rings. The van der Waals surface area contributed by atoms with Crippen LogP contribution in [0.1, 0.15) is 158 Å². The Hall–Kier alpha value is -0.490. The van der Waals surface area contributed by atoms with Gasteiger partial charge < -0.3 is 0 Å². The molecule has 0 aromatic heterocycles. The van der Waals surface area contributed by atoms with E-state index in [4.69, 9.17) is 11.2 Å². The van der Waals surface area contributed by atoms with Crippen LogP contribution in [-0.2, 0) is 32.5 Å². The van der Waals surface area contributed by atoms with Gasteiger partial charge in [-0.2, -0.15) is 0 Å². The van der Waals surface area contributed by atoms with Gasteiger partial charge in [-0.05, 0) is 65.9 Å². The van der Waals surface area contributed by atoms with Crippen LogP contribution in [0.15, 0.2) is 29.2 Å². The highest BCUT2D eigenvalue weighted by molar-refractivity contribution is 8.65. The average Bonchev–Trinajstić information content (AvgIpc) is 2.68.